The first-order chi connectivity index (χ1) is 8.24. The van der Waals surface area contributed by atoms with Crippen LogP contribution < -0.4 is 14.8 Å². The van der Waals surface area contributed by atoms with E-state index in [0.717, 1.165) is 6.42 Å². The predicted octanol–water partition coefficient (Wildman–Crippen LogP) is 2.01. The van der Waals surface area contributed by atoms with E-state index >= 15 is 0 Å². The summed E-state index contributed by atoms with van der Waals surface area (Å²) in [6.45, 7) is 4.14. The number of amides is 1. The average molecular weight is 235 g/mol. The number of carbonyl (C=O) groups excluding carboxylic acids is 1. The third kappa shape index (κ3) is 3.24. The van der Waals surface area contributed by atoms with Crippen molar-refractivity contribution in [3.05, 3.63) is 36.4 Å². The fourth-order valence-electron chi connectivity index (χ4n) is 1.45. The Morgan fingerprint density at radius 3 is 2.41 bits per heavy atom. The summed E-state index contributed by atoms with van der Waals surface area (Å²) in [6.07, 6.45) is 2.48. The van der Waals surface area contributed by atoms with Crippen molar-refractivity contribution in [2.75, 3.05) is 20.8 Å². The molecule has 4 heteroatoms. The van der Waals surface area contributed by atoms with Crippen molar-refractivity contribution in [3.63, 3.8) is 0 Å². The van der Waals surface area contributed by atoms with Gasteiger partial charge in [-0.2, -0.15) is 0 Å². The smallest absolute Gasteiger partial charge is 0.258 e. The molecule has 1 aromatic rings. The Labute approximate surface area is 101 Å². The van der Waals surface area contributed by atoms with Gasteiger partial charge in [0.1, 0.15) is 17.1 Å². The molecule has 4 nitrogen and oxygen atoms in total. The molecule has 0 fully saturated rings. The highest BCUT2D eigenvalue weighted by atomic mass is 16.5. The molecule has 0 aliphatic rings. The van der Waals surface area contributed by atoms with Crippen LogP contribution in [-0.4, -0.2) is 26.7 Å². The van der Waals surface area contributed by atoms with Gasteiger partial charge in [0, 0.05) is 6.54 Å². The normalized spacial score (nSPS) is 9.53. The Balaban J connectivity index is 2.93. The van der Waals surface area contributed by atoms with E-state index < -0.39 is 0 Å². The SMILES string of the molecule is C=CCCNC(=O)c1c(OC)cccc1OC. The van der Waals surface area contributed by atoms with Gasteiger partial charge < -0.3 is 14.8 Å². The van der Waals surface area contributed by atoms with Gasteiger partial charge in [-0.25, -0.2) is 0 Å². The van der Waals surface area contributed by atoms with E-state index in [0.29, 0.717) is 23.6 Å². The van der Waals surface area contributed by atoms with Crippen LogP contribution in [-0.2, 0) is 0 Å². The van der Waals surface area contributed by atoms with Crippen molar-refractivity contribution in [1.29, 1.82) is 0 Å². The van der Waals surface area contributed by atoms with Crippen LogP contribution in [0.4, 0.5) is 0 Å². The van der Waals surface area contributed by atoms with Gasteiger partial charge >= 0.3 is 0 Å². The molecule has 0 radical (unpaired) electrons. The first-order valence-electron chi connectivity index (χ1n) is 5.34. The number of carbonyl (C=O) groups is 1. The summed E-state index contributed by atoms with van der Waals surface area (Å²) in [5.41, 5.74) is 0.418. The highest BCUT2D eigenvalue weighted by Gasteiger charge is 2.17. The Kier molecular flexibility index (Phi) is 5.07. The highest BCUT2D eigenvalue weighted by Crippen LogP contribution is 2.27. The molecular formula is C13H17NO3. The number of hydrogen-bond acceptors (Lipinski definition) is 3. The molecule has 1 N–H and O–H groups in total. The van der Waals surface area contributed by atoms with Crippen molar-refractivity contribution < 1.29 is 14.3 Å². The van der Waals surface area contributed by atoms with Gasteiger partial charge in [-0.3, -0.25) is 4.79 Å². The molecule has 92 valence electrons. The number of benzene rings is 1. The second kappa shape index (κ2) is 6.58. The fourth-order valence-corrected chi connectivity index (χ4v) is 1.45. The molecule has 1 amide bonds. The molecule has 1 aromatic carbocycles. The predicted molar refractivity (Wildman–Crippen MR) is 66.7 cm³/mol. The Hall–Kier alpha value is -1.97. The Morgan fingerprint density at radius 1 is 1.35 bits per heavy atom. The molecule has 0 heterocycles. The zero-order chi connectivity index (χ0) is 12.7. The van der Waals surface area contributed by atoms with E-state index in [9.17, 15) is 4.79 Å². The number of nitrogens with one attached hydrogen (secondary N) is 1. The Bertz CT molecular complexity index is 379. The van der Waals surface area contributed by atoms with Gasteiger partial charge in [-0.05, 0) is 18.6 Å². The maximum Gasteiger partial charge on any atom is 0.258 e. The first kappa shape index (κ1) is 13.1. The van der Waals surface area contributed by atoms with Crippen LogP contribution in [0.2, 0.25) is 0 Å². The summed E-state index contributed by atoms with van der Waals surface area (Å²) in [7, 11) is 3.05. The molecule has 0 saturated heterocycles. The van der Waals surface area contributed by atoms with Gasteiger partial charge in [0.25, 0.3) is 5.91 Å². The van der Waals surface area contributed by atoms with E-state index in [1.54, 1.807) is 24.3 Å². The lowest BCUT2D eigenvalue weighted by molar-refractivity contribution is 0.0948. The van der Waals surface area contributed by atoms with E-state index in [4.69, 9.17) is 9.47 Å². The van der Waals surface area contributed by atoms with Crippen LogP contribution in [0.3, 0.4) is 0 Å². The fraction of sp³-hybridized carbons (Fsp3) is 0.308. The van der Waals surface area contributed by atoms with Gasteiger partial charge in [0.15, 0.2) is 0 Å². The van der Waals surface area contributed by atoms with E-state index in [2.05, 4.69) is 11.9 Å². The molecule has 0 atom stereocenters. The van der Waals surface area contributed by atoms with Crippen LogP contribution in [0.15, 0.2) is 30.9 Å². The molecule has 0 aromatic heterocycles. The molecule has 0 spiro atoms. The number of methoxy groups -OCH3 is 2. The van der Waals surface area contributed by atoms with Gasteiger partial charge in [-0.1, -0.05) is 12.1 Å². The minimum Gasteiger partial charge on any atom is -0.496 e. The van der Waals surface area contributed by atoms with Gasteiger partial charge in [0.2, 0.25) is 0 Å². The molecule has 0 unspecified atom stereocenters. The second-order valence-corrected chi connectivity index (χ2v) is 3.37. The number of rotatable bonds is 6. The summed E-state index contributed by atoms with van der Waals surface area (Å²) in [4.78, 5) is 12.0. The van der Waals surface area contributed by atoms with E-state index in [1.165, 1.54) is 14.2 Å². The molecule has 17 heavy (non-hydrogen) atoms. The van der Waals surface area contributed by atoms with Gasteiger partial charge in [0.05, 0.1) is 14.2 Å². The average Bonchev–Trinajstić information content (AvgIpc) is 2.37. The minimum atomic E-state index is -0.207. The largest absolute Gasteiger partial charge is 0.496 e. The standard InChI is InChI=1S/C13H17NO3/c1-4-5-9-14-13(15)12-10(16-2)7-6-8-11(12)17-3/h4,6-8H,1,5,9H2,2-3H3,(H,14,15). The van der Waals surface area contributed by atoms with Crippen LogP contribution >= 0.6 is 0 Å². The summed E-state index contributed by atoms with van der Waals surface area (Å²) in [5, 5.41) is 2.78. The van der Waals surface area contributed by atoms with Crippen LogP contribution in [0.25, 0.3) is 0 Å². The summed E-state index contributed by atoms with van der Waals surface area (Å²) < 4.78 is 10.3. The molecule has 0 aliphatic heterocycles. The second-order valence-electron chi connectivity index (χ2n) is 3.37. The zero-order valence-corrected chi connectivity index (χ0v) is 10.2. The lowest BCUT2D eigenvalue weighted by Crippen LogP contribution is -2.25. The summed E-state index contributed by atoms with van der Waals surface area (Å²) in [5.74, 6) is 0.794. The van der Waals surface area contributed by atoms with Crippen molar-refractivity contribution >= 4 is 5.91 Å². The van der Waals surface area contributed by atoms with Crippen LogP contribution in [0, 0.1) is 0 Å². The topological polar surface area (TPSA) is 47.6 Å². The number of ether oxygens (including phenoxy) is 2. The van der Waals surface area contributed by atoms with Crippen molar-refractivity contribution in [2.45, 2.75) is 6.42 Å². The Morgan fingerprint density at radius 2 is 1.94 bits per heavy atom. The minimum absolute atomic E-state index is 0.207. The molecule has 1 rings (SSSR count). The zero-order valence-electron chi connectivity index (χ0n) is 10.2. The first-order valence-corrected chi connectivity index (χ1v) is 5.34. The van der Waals surface area contributed by atoms with E-state index in [1.807, 2.05) is 0 Å². The van der Waals surface area contributed by atoms with Crippen molar-refractivity contribution in [3.8, 4) is 11.5 Å². The maximum atomic E-state index is 12.0. The van der Waals surface area contributed by atoms with Gasteiger partial charge in [-0.15, -0.1) is 6.58 Å². The molecular weight excluding hydrogens is 218 g/mol. The third-order valence-corrected chi connectivity index (χ3v) is 2.29. The molecule has 0 aliphatic carbocycles. The third-order valence-electron chi connectivity index (χ3n) is 2.29. The highest BCUT2D eigenvalue weighted by molar-refractivity contribution is 5.99. The monoisotopic (exact) mass is 235 g/mol. The number of hydrogen-bond donors (Lipinski definition) is 1. The maximum absolute atomic E-state index is 12.0. The molecule has 0 bridgehead atoms. The summed E-state index contributed by atoms with van der Waals surface area (Å²) in [6, 6.07) is 5.23. The van der Waals surface area contributed by atoms with Crippen LogP contribution in [0.1, 0.15) is 16.8 Å². The van der Waals surface area contributed by atoms with E-state index in [-0.39, 0.29) is 5.91 Å². The lowest BCUT2D eigenvalue weighted by atomic mass is 10.1. The van der Waals surface area contributed by atoms with Crippen LogP contribution in [0.5, 0.6) is 11.5 Å². The lowest BCUT2D eigenvalue weighted by Gasteiger charge is -2.12. The quantitative estimate of drug-likeness (QED) is 0.606. The summed E-state index contributed by atoms with van der Waals surface area (Å²) >= 11 is 0. The van der Waals surface area contributed by atoms with Crippen molar-refractivity contribution in [2.24, 2.45) is 0 Å². The molecule has 0 saturated carbocycles. The van der Waals surface area contributed by atoms with Crippen molar-refractivity contribution in [1.82, 2.24) is 5.32 Å².